The summed E-state index contributed by atoms with van der Waals surface area (Å²) in [6, 6.07) is 3.52. The van der Waals surface area contributed by atoms with Gasteiger partial charge in [0.05, 0.1) is 16.8 Å². The number of carbonyl (C=O) groups is 2. The highest BCUT2D eigenvalue weighted by Crippen LogP contribution is 2.17. The number of carbonyl (C=O) groups excluding carboxylic acids is 2. The third kappa shape index (κ3) is 3.73. The van der Waals surface area contributed by atoms with Gasteiger partial charge in [-0.2, -0.15) is 0 Å². The lowest BCUT2D eigenvalue weighted by atomic mass is 10.3. The maximum Gasteiger partial charge on any atom is 0.246 e. The van der Waals surface area contributed by atoms with Crippen LogP contribution < -0.4 is 5.32 Å². The first-order valence-electron chi connectivity index (χ1n) is 4.22. The van der Waals surface area contributed by atoms with Gasteiger partial charge in [0.25, 0.3) is 0 Å². The number of amides is 1. The molecule has 15 heavy (non-hydrogen) atoms. The normalized spacial score (nSPS) is 10.0. The van der Waals surface area contributed by atoms with Gasteiger partial charge in [-0.15, -0.1) is 11.3 Å². The fraction of sp³-hybridized carbons (Fsp3) is 0.333. The summed E-state index contributed by atoms with van der Waals surface area (Å²) >= 11 is 4.43. The molecule has 0 bridgehead atoms. The molecule has 0 aliphatic heterocycles. The first kappa shape index (κ1) is 12.4. The molecule has 82 valence electrons. The summed E-state index contributed by atoms with van der Waals surface area (Å²) in [5.41, 5.74) is 0. The van der Waals surface area contributed by atoms with Crippen molar-refractivity contribution in [2.45, 2.75) is 6.54 Å². The van der Waals surface area contributed by atoms with Crippen molar-refractivity contribution >= 4 is 39.0 Å². The number of aliphatic hydroxyl groups is 1. The molecule has 1 amide bonds. The molecule has 0 atom stereocenters. The van der Waals surface area contributed by atoms with E-state index in [2.05, 4.69) is 21.2 Å². The average molecular weight is 292 g/mol. The molecule has 1 aromatic heterocycles. The molecule has 4 nitrogen and oxygen atoms in total. The molecule has 0 radical (unpaired) electrons. The predicted octanol–water partition coefficient (Wildman–Crippen LogP) is 0.934. The number of nitrogens with one attached hydrogen (secondary N) is 1. The Labute approximate surface area is 99.4 Å². The van der Waals surface area contributed by atoms with E-state index in [4.69, 9.17) is 5.11 Å². The summed E-state index contributed by atoms with van der Waals surface area (Å²) in [7, 11) is 0. The van der Waals surface area contributed by atoms with Crippen molar-refractivity contribution in [2.75, 3.05) is 11.9 Å². The zero-order valence-corrected chi connectivity index (χ0v) is 10.2. The fourth-order valence-electron chi connectivity index (χ4n) is 0.930. The molecule has 0 fully saturated rings. The summed E-state index contributed by atoms with van der Waals surface area (Å²) in [4.78, 5) is 23.6. The van der Waals surface area contributed by atoms with Crippen molar-refractivity contribution in [2.24, 2.45) is 0 Å². The quantitative estimate of drug-likeness (QED) is 0.627. The van der Waals surface area contributed by atoms with Crippen LogP contribution in [-0.4, -0.2) is 28.7 Å². The van der Waals surface area contributed by atoms with Gasteiger partial charge in [0.2, 0.25) is 5.91 Å². The van der Waals surface area contributed by atoms with Gasteiger partial charge >= 0.3 is 0 Å². The Morgan fingerprint density at radius 1 is 1.47 bits per heavy atom. The number of Topliss-reactive ketones (excluding diaryl/α,β-unsaturated/α-hetero) is 1. The first-order chi connectivity index (χ1) is 7.17. The van der Waals surface area contributed by atoms with Gasteiger partial charge in [0.15, 0.2) is 5.78 Å². The number of aliphatic hydroxyl groups excluding tert-OH is 1. The van der Waals surface area contributed by atoms with Crippen molar-refractivity contribution in [3.05, 3.63) is 21.9 Å². The van der Waals surface area contributed by atoms with Gasteiger partial charge < -0.3 is 10.4 Å². The van der Waals surface area contributed by atoms with Crippen LogP contribution >= 0.6 is 27.3 Å². The Morgan fingerprint density at radius 2 is 2.20 bits per heavy atom. The molecule has 6 heteroatoms. The monoisotopic (exact) mass is 291 g/mol. The Kier molecular flexibility index (Phi) is 4.93. The molecule has 2 N–H and O–H groups in total. The molecule has 0 unspecified atom stereocenters. The van der Waals surface area contributed by atoms with E-state index in [1.165, 1.54) is 11.3 Å². The van der Waals surface area contributed by atoms with E-state index < -0.39 is 12.5 Å². The zero-order valence-electron chi connectivity index (χ0n) is 7.83. The molecule has 0 saturated heterocycles. The molecular formula is C9H10BrNO3S. The lowest BCUT2D eigenvalue weighted by molar-refractivity contribution is -0.123. The average Bonchev–Trinajstić information content (AvgIpc) is 2.73. The SMILES string of the molecule is O=C(CO)NCc1ccc(C(=O)CBr)s1. The minimum Gasteiger partial charge on any atom is -0.387 e. The maximum atomic E-state index is 11.3. The van der Waals surface area contributed by atoms with Gasteiger partial charge in [-0.25, -0.2) is 0 Å². The van der Waals surface area contributed by atoms with Gasteiger partial charge in [0.1, 0.15) is 6.61 Å². The molecule has 0 aromatic carbocycles. The zero-order chi connectivity index (χ0) is 11.3. The molecule has 1 heterocycles. The van der Waals surface area contributed by atoms with Gasteiger partial charge in [-0.05, 0) is 12.1 Å². The Bertz CT molecular complexity index is 364. The highest BCUT2D eigenvalue weighted by molar-refractivity contribution is 9.09. The highest BCUT2D eigenvalue weighted by Gasteiger charge is 2.08. The minimum absolute atomic E-state index is 0.0275. The number of halogens is 1. The van der Waals surface area contributed by atoms with Crippen molar-refractivity contribution in [3.63, 3.8) is 0 Å². The molecule has 1 aromatic rings. The van der Waals surface area contributed by atoms with E-state index >= 15 is 0 Å². The molecule has 0 spiro atoms. The van der Waals surface area contributed by atoms with E-state index in [0.717, 1.165) is 4.88 Å². The highest BCUT2D eigenvalue weighted by atomic mass is 79.9. The summed E-state index contributed by atoms with van der Waals surface area (Å²) in [6.07, 6.45) is 0. The molecule has 0 aliphatic rings. The largest absolute Gasteiger partial charge is 0.387 e. The Balaban J connectivity index is 2.53. The van der Waals surface area contributed by atoms with Gasteiger partial charge in [-0.1, -0.05) is 15.9 Å². The topological polar surface area (TPSA) is 66.4 Å². The van der Waals surface area contributed by atoms with E-state index in [9.17, 15) is 9.59 Å². The van der Waals surface area contributed by atoms with Crippen molar-refractivity contribution in [1.29, 1.82) is 0 Å². The van der Waals surface area contributed by atoms with Crippen LogP contribution in [0.1, 0.15) is 14.5 Å². The van der Waals surface area contributed by atoms with Gasteiger partial charge in [-0.3, -0.25) is 9.59 Å². The lowest BCUT2D eigenvalue weighted by Crippen LogP contribution is -2.25. The van der Waals surface area contributed by atoms with Crippen LogP contribution in [-0.2, 0) is 11.3 Å². The number of alkyl halides is 1. The third-order valence-electron chi connectivity index (χ3n) is 1.66. The number of rotatable bonds is 5. The van der Waals surface area contributed by atoms with Crippen LogP contribution in [0.3, 0.4) is 0 Å². The summed E-state index contributed by atoms with van der Waals surface area (Å²) in [6.45, 7) is -0.168. The fourth-order valence-corrected chi connectivity index (χ4v) is 2.30. The van der Waals surface area contributed by atoms with Crippen LogP contribution in [0.2, 0.25) is 0 Å². The number of thiophene rings is 1. The lowest BCUT2D eigenvalue weighted by Gasteiger charge is -1.99. The Hall–Kier alpha value is -0.720. The second-order valence-corrected chi connectivity index (χ2v) is 4.49. The van der Waals surface area contributed by atoms with E-state index in [1.807, 2.05) is 0 Å². The third-order valence-corrected chi connectivity index (χ3v) is 3.30. The minimum atomic E-state index is -0.515. The van der Waals surface area contributed by atoms with E-state index in [1.54, 1.807) is 12.1 Å². The Morgan fingerprint density at radius 3 is 2.80 bits per heavy atom. The summed E-state index contributed by atoms with van der Waals surface area (Å²) in [5, 5.41) is 11.3. The number of hydrogen-bond donors (Lipinski definition) is 2. The second-order valence-electron chi connectivity index (χ2n) is 2.76. The van der Waals surface area contributed by atoms with Crippen LogP contribution in [0.15, 0.2) is 12.1 Å². The molecular weight excluding hydrogens is 282 g/mol. The van der Waals surface area contributed by atoms with Crippen LogP contribution in [0, 0.1) is 0 Å². The van der Waals surface area contributed by atoms with Crippen molar-refractivity contribution in [3.8, 4) is 0 Å². The number of hydrogen-bond acceptors (Lipinski definition) is 4. The molecule has 1 rings (SSSR count). The second kappa shape index (κ2) is 5.99. The maximum absolute atomic E-state index is 11.3. The molecule has 0 aliphatic carbocycles. The van der Waals surface area contributed by atoms with Gasteiger partial charge in [0, 0.05) is 4.88 Å². The van der Waals surface area contributed by atoms with Crippen LogP contribution in [0.4, 0.5) is 0 Å². The van der Waals surface area contributed by atoms with Crippen molar-refractivity contribution in [1.82, 2.24) is 5.32 Å². The summed E-state index contributed by atoms with van der Waals surface area (Å²) in [5.74, 6) is -0.392. The van der Waals surface area contributed by atoms with Crippen LogP contribution in [0.5, 0.6) is 0 Å². The summed E-state index contributed by atoms with van der Waals surface area (Å²) < 4.78 is 0. The first-order valence-corrected chi connectivity index (χ1v) is 6.16. The van der Waals surface area contributed by atoms with E-state index in [0.29, 0.717) is 16.8 Å². The molecule has 0 saturated carbocycles. The predicted molar refractivity (Wildman–Crippen MR) is 61.4 cm³/mol. The number of ketones is 1. The standard InChI is InChI=1S/C9H10BrNO3S/c10-3-7(13)8-2-1-6(15-8)4-11-9(14)5-12/h1-2,12H,3-5H2,(H,11,14). The van der Waals surface area contributed by atoms with Crippen molar-refractivity contribution < 1.29 is 14.7 Å². The smallest absolute Gasteiger partial charge is 0.246 e. The van der Waals surface area contributed by atoms with E-state index in [-0.39, 0.29) is 5.78 Å². The van der Waals surface area contributed by atoms with Crippen LogP contribution in [0.25, 0.3) is 0 Å².